The zero-order valence-electron chi connectivity index (χ0n) is 11.0. The Hall–Kier alpha value is -2.69. The lowest BCUT2D eigenvalue weighted by atomic mass is 10.1. The number of nitrogens with one attached hydrogen (secondary N) is 2. The van der Waals surface area contributed by atoms with E-state index >= 15 is 0 Å². The van der Waals surface area contributed by atoms with Crippen LogP contribution in [-0.4, -0.2) is 10.9 Å². The first-order chi connectivity index (χ1) is 10.1. The van der Waals surface area contributed by atoms with Crippen molar-refractivity contribution in [3.05, 3.63) is 65.9 Å². The summed E-state index contributed by atoms with van der Waals surface area (Å²) in [5.41, 5.74) is 1.31. The summed E-state index contributed by atoms with van der Waals surface area (Å²) in [5.74, 6) is -1.90. The maximum absolute atomic E-state index is 13.5. The molecule has 3 rings (SSSR count). The number of H-pyrrole nitrogens is 1. The minimum atomic E-state index is -0.716. The van der Waals surface area contributed by atoms with Crippen molar-refractivity contribution in [3.8, 4) is 0 Å². The van der Waals surface area contributed by atoms with Gasteiger partial charge in [0.15, 0.2) is 0 Å². The summed E-state index contributed by atoms with van der Waals surface area (Å²) in [4.78, 5) is 15.0. The van der Waals surface area contributed by atoms with Crippen LogP contribution in [0, 0.1) is 11.6 Å². The van der Waals surface area contributed by atoms with E-state index in [1.165, 1.54) is 6.07 Å². The average Bonchev–Trinajstić information content (AvgIpc) is 2.90. The van der Waals surface area contributed by atoms with E-state index in [9.17, 15) is 13.6 Å². The largest absolute Gasteiger partial charge is 0.361 e. The summed E-state index contributed by atoms with van der Waals surface area (Å²) in [5, 5.41) is 3.59. The van der Waals surface area contributed by atoms with E-state index in [2.05, 4.69) is 10.3 Å². The molecular formula is C16H12F2N2O. The van der Waals surface area contributed by atoms with Gasteiger partial charge in [-0.1, -0.05) is 6.07 Å². The molecule has 0 aliphatic carbocycles. The Morgan fingerprint density at radius 1 is 1.10 bits per heavy atom. The second kappa shape index (κ2) is 5.36. The molecule has 0 saturated carbocycles. The van der Waals surface area contributed by atoms with Gasteiger partial charge in [0.05, 0.1) is 6.42 Å². The predicted octanol–water partition coefficient (Wildman–Crippen LogP) is 3.63. The van der Waals surface area contributed by atoms with Crippen molar-refractivity contribution >= 4 is 22.5 Å². The summed E-state index contributed by atoms with van der Waals surface area (Å²) in [6.07, 6.45) is 1.45. The molecule has 0 spiro atoms. The monoisotopic (exact) mass is 286 g/mol. The van der Waals surface area contributed by atoms with E-state index in [1.54, 1.807) is 18.3 Å². The van der Waals surface area contributed by atoms with Crippen molar-refractivity contribution in [2.75, 3.05) is 5.32 Å². The van der Waals surface area contributed by atoms with Gasteiger partial charge in [-0.3, -0.25) is 4.79 Å². The Morgan fingerprint density at radius 3 is 2.62 bits per heavy atom. The Balaban J connectivity index is 1.77. The average molecular weight is 286 g/mol. The summed E-state index contributed by atoms with van der Waals surface area (Å²) >= 11 is 0. The standard InChI is InChI=1S/C16H12F2N2O/c17-13-2-1-3-14(18)12(13)9-16(21)20-11-4-5-15-10(8-11)6-7-19-15/h1-8,19H,9H2,(H,20,21). The molecule has 0 bridgehead atoms. The molecule has 3 nitrogen and oxygen atoms in total. The topological polar surface area (TPSA) is 44.9 Å². The molecule has 2 aromatic carbocycles. The van der Waals surface area contributed by atoms with E-state index in [-0.39, 0.29) is 12.0 Å². The fourth-order valence-electron chi connectivity index (χ4n) is 2.20. The van der Waals surface area contributed by atoms with Gasteiger partial charge in [0.1, 0.15) is 11.6 Å². The molecule has 1 amide bonds. The smallest absolute Gasteiger partial charge is 0.229 e. The molecule has 3 aromatic rings. The van der Waals surface area contributed by atoms with Crippen molar-refractivity contribution in [2.45, 2.75) is 6.42 Å². The molecule has 0 unspecified atom stereocenters. The number of carbonyl (C=O) groups excluding carboxylic acids is 1. The molecule has 21 heavy (non-hydrogen) atoms. The van der Waals surface area contributed by atoms with Crippen LogP contribution in [0.15, 0.2) is 48.7 Å². The zero-order valence-corrected chi connectivity index (χ0v) is 11.0. The highest BCUT2D eigenvalue weighted by molar-refractivity contribution is 5.94. The van der Waals surface area contributed by atoms with Gasteiger partial charge < -0.3 is 10.3 Å². The number of amides is 1. The van der Waals surface area contributed by atoms with Gasteiger partial charge in [-0.2, -0.15) is 0 Å². The molecular weight excluding hydrogens is 274 g/mol. The first-order valence-electron chi connectivity index (χ1n) is 6.43. The van der Waals surface area contributed by atoms with Crippen molar-refractivity contribution in [2.24, 2.45) is 0 Å². The van der Waals surface area contributed by atoms with Crippen LogP contribution in [0.2, 0.25) is 0 Å². The number of hydrogen-bond donors (Lipinski definition) is 2. The fraction of sp³-hybridized carbons (Fsp3) is 0.0625. The number of benzene rings is 2. The van der Waals surface area contributed by atoms with E-state index in [1.807, 2.05) is 12.1 Å². The van der Waals surface area contributed by atoms with Crippen molar-refractivity contribution in [1.29, 1.82) is 0 Å². The SMILES string of the molecule is O=C(Cc1c(F)cccc1F)Nc1ccc2[nH]ccc2c1. The molecule has 2 N–H and O–H groups in total. The Bertz CT molecular complexity index is 791. The van der Waals surface area contributed by atoms with E-state index < -0.39 is 17.5 Å². The summed E-state index contributed by atoms with van der Waals surface area (Å²) < 4.78 is 27.0. The lowest BCUT2D eigenvalue weighted by Gasteiger charge is -2.07. The lowest BCUT2D eigenvalue weighted by molar-refractivity contribution is -0.115. The normalized spacial score (nSPS) is 10.8. The first-order valence-corrected chi connectivity index (χ1v) is 6.43. The van der Waals surface area contributed by atoms with Crippen LogP contribution in [0.5, 0.6) is 0 Å². The number of hydrogen-bond acceptors (Lipinski definition) is 1. The minimum Gasteiger partial charge on any atom is -0.361 e. The van der Waals surface area contributed by atoms with Crippen LogP contribution < -0.4 is 5.32 Å². The summed E-state index contributed by atoms with van der Waals surface area (Å²) in [7, 11) is 0. The van der Waals surface area contributed by atoms with Crippen LogP contribution in [0.4, 0.5) is 14.5 Å². The molecule has 5 heteroatoms. The minimum absolute atomic E-state index is 0.224. The van der Waals surface area contributed by atoms with Gasteiger partial charge in [0, 0.05) is 28.4 Å². The Kier molecular flexibility index (Phi) is 3.39. The molecule has 0 aliphatic rings. The third kappa shape index (κ3) is 2.76. The Morgan fingerprint density at radius 2 is 1.86 bits per heavy atom. The highest BCUT2D eigenvalue weighted by Crippen LogP contribution is 2.19. The lowest BCUT2D eigenvalue weighted by Crippen LogP contribution is -2.16. The van der Waals surface area contributed by atoms with Crippen LogP contribution in [-0.2, 0) is 11.2 Å². The van der Waals surface area contributed by atoms with Crippen LogP contribution in [0.1, 0.15) is 5.56 Å². The highest BCUT2D eigenvalue weighted by atomic mass is 19.1. The molecule has 0 atom stereocenters. The highest BCUT2D eigenvalue weighted by Gasteiger charge is 2.13. The zero-order chi connectivity index (χ0) is 14.8. The van der Waals surface area contributed by atoms with Crippen molar-refractivity contribution < 1.29 is 13.6 Å². The molecule has 1 heterocycles. The fourth-order valence-corrected chi connectivity index (χ4v) is 2.20. The maximum atomic E-state index is 13.5. The van der Waals surface area contributed by atoms with Crippen molar-refractivity contribution in [1.82, 2.24) is 4.98 Å². The number of carbonyl (C=O) groups is 1. The van der Waals surface area contributed by atoms with Crippen LogP contribution in [0.25, 0.3) is 10.9 Å². The van der Waals surface area contributed by atoms with Gasteiger partial charge in [0.25, 0.3) is 0 Å². The van der Waals surface area contributed by atoms with Gasteiger partial charge in [0.2, 0.25) is 5.91 Å². The molecule has 106 valence electrons. The van der Waals surface area contributed by atoms with Crippen molar-refractivity contribution in [3.63, 3.8) is 0 Å². The summed E-state index contributed by atoms with van der Waals surface area (Å²) in [6.45, 7) is 0. The quantitative estimate of drug-likeness (QED) is 0.758. The van der Waals surface area contributed by atoms with Gasteiger partial charge in [-0.25, -0.2) is 8.78 Å². The first kappa shape index (κ1) is 13.3. The number of rotatable bonds is 3. The summed E-state index contributed by atoms with van der Waals surface area (Å²) in [6, 6.07) is 10.8. The van der Waals surface area contributed by atoms with Gasteiger partial charge >= 0.3 is 0 Å². The Labute approximate surface area is 119 Å². The number of halogens is 2. The van der Waals surface area contributed by atoms with E-state index in [0.717, 1.165) is 23.0 Å². The molecule has 1 aromatic heterocycles. The third-order valence-electron chi connectivity index (χ3n) is 3.24. The predicted molar refractivity (Wildman–Crippen MR) is 77.0 cm³/mol. The molecule has 0 fully saturated rings. The number of anilines is 1. The van der Waals surface area contributed by atoms with Gasteiger partial charge in [-0.15, -0.1) is 0 Å². The maximum Gasteiger partial charge on any atom is 0.229 e. The second-order valence-corrected chi connectivity index (χ2v) is 4.70. The molecule has 0 saturated heterocycles. The number of aromatic nitrogens is 1. The second-order valence-electron chi connectivity index (χ2n) is 4.70. The molecule has 0 aliphatic heterocycles. The molecule has 0 radical (unpaired) electrons. The van der Waals surface area contributed by atoms with Gasteiger partial charge in [-0.05, 0) is 36.4 Å². The van der Waals surface area contributed by atoms with E-state index in [0.29, 0.717) is 5.69 Å². The van der Waals surface area contributed by atoms with Crippen LogP contribution in [0.3, 0.4) is 0 Å². The third-order valence-corrected chi connectivity index (χ3v) is 3.24. The van der Waals surface area contributed by atoms with E-state index in [4.69, 9.17) is 0 Å². The number of aromatic amines is 1. The van der Waals surface area contributed by atoms with Crippen LogP contribution >= 0.6 is 0 Å². The number of fused-ring (bicyclic) bond motifs is 1.